The molecule has 1 unspecified atom stereocenters. The number of anilines is 2. The van der Waals surface area contributed by atoms with Gasteiger partial charge in [-0.1, -0.05) is 26.5 Å². The lowest BCUT2D eigenvalue weighted by atomic mass is 10.0. The second kappa shape index (κ2) is 15.3. The molecule has 0 radical (unpaired) electrons. The van der Waals surface area contributed by atoms with Crippen LogP contribution >= 0.6 is 0 Å². The van der Waals surface area contributed by atoms with Crippen molar-refractivity contribution in [3.63, 3.8) is 0 Å². The van der Waals surface area contributed by atoms with Crippen molar-refractivity contribution >= 4 is 17.4 Å². The molecule has 5 rings (SSSR count). The highest BCUT2D eigenvalue weighted by Crippen LogP contribution is 2.33. The number of hydrogen-bond donors (Lipinski definition) is 0. The van der Waals surface area contributed by atoms with Crippen LogP contribution in [0, 0.1) is 24.1 Å². The Labute approximate surface area is 244 Å². The maximum atomic E-state index is 14.1. The summed E-state index contributed by atoms with van der Waals surface area (Å²) in [5.41, 5.74) is 3.34. The molecule has 41 heavy (non-hydrogen) atoms. The van der Waals surface area contributed by atoms with Crippen LogP contribution in [0.15, 0.2) is 30.9 Å². The van der Waals surface area contributed by atoms with E-state index in [-0.39, 0.29) is 30.2 Å². The topological polar surface area (TPSA) is 88.8 Å². The zero-order valence-corrected chi connectivity index (χ0v) is 25.2. The number of carbonyl (C=O) groups excluding carboxylic acids is 1. The third-order valence-electron chi connectivity index (χ3n) is 7.68. The molecule has 0 N–H and O–H groups in total. The predicted molar refractivity (Wildman–Crippen MR) is 161 cm³/mol. The Morgan fingerprint density at radius 1 is 1.17 bits per heavy atom. The zero-order valence-electron chi connectivity index (χ0n) is 25.2. The molecule has 2 aromatic rings. The lowest BCUT2D eigenvalue weighted by molar-refractivity contribution is -0.128. The van der Waals surface area contributed by atoms with E-state index in [4.69, 9.17) is 4.74 Å². The van der Waals surface area contributed by atoms with Crippen molar-refractivity contribution in [2.75, 3.05) is 63.2 Å². The van der Waals surface area contributed by atoms with Crippen molar-refractivity contribution in [1.29, 1.82) is 5.26 Å². The average Bonchev–Trinajstić information content (AvgIpc) is 3.49. The Morgan fingerprint density at radius 3 is 2.51 bits per heavy atom. The summed E-state index contributed by atoms with van der Waals surface area (Å²) >= 11 is 0. The normalized spacial score (nSPS) is 18.3. The zero-order chi connectivity index (χ0) is 29.9. The first-order valence-corrected chi connectivity index (χ1v) is 14.5. The van der Waals surface area contributed by atoms with E-state index in [1.54, 1.807) is 17.9 Å². The number of nitriles is 1. The van der Waals surface area contributed by atoms with Gasteiger partial charge in [-0.15, -0.1) is 0 Å². The summed E-state index contributed by atoms with van der Waals surface area (Å²) in [5, 5.41) is 9.29. The number of aromatic nitrogens is 2. The Hall–Kier alpha value is -3.71. The van der Waals surface area contributed by atoms with Crippen LogP contribution in [0.1, 0.15) is 49.9 Å². The molecule has 0 aliphatic carbocycles. The van der Waals surface area contributed by atoms with Gasteiger partial charge >= 0.3 is 6.01 Å². The molecule has 0 saturated carbocycles. The van der Waals surface area contributed by atoms with Gasteiger partial charge in [0.1, 0.15) is 11.6 Å². The van der Waals surface area contributed by atoms with Crippen molar-refractivity contribution in [2.45, 2.75) is 59.0 Å². The van der Waals surface area contributed by atoms with E-state index >= 15 is 0 Å². The van der Waals surface area contributed by atoms with Crippen LogP contribution in [0.5, 0.6) is 6.01 Å². The van der Waals surface area contributed by atoms with Gasteiger partial charge in [0.25, 0.3) is 0 Å². The van der Waals surface area contributed by atoms with E-state index in [0.717, 1.165) is 22.8 Å². The predicted octanol–water partition coefficient (Wildman–Crippen LogP) is 4.35. The van der Waals surface area contributed by atoms with Crippen molar-refractivity contribution in [3.8, 4) is 12.1 Å². The van der Waals surface area contributed by atoms with Gasteiger partial charge in [-0.05, 0) is 64.5 Å². The number of methoxy groups -OCH3 is 1. The number of piperazine rings is 1. The fraction of sp³-hybridized carbons (Fsp3) is 0.548. The lowest BCUT2D eigenvalue weighted by Gasteiger charge is -2.42. The molecular weight excluding hydrogens is 521 g/mol. The molecular formula is C31H44FN7O2. The summed E-state index contributed by atoms with van der Waals surface area (Å²) in [5.74, 6) is 0.383. The molecule has 1 atom stereocenters. The van der Waals surface area contributed by atoms with E-state index in [0.29, 0.717) is 44.7 Å². The summed E-state index contributed by atoms with van der Waals surface area (Å²) in [6.07, 6.45) is 5.04. The van der Waals surface area contributed by atoms with Crippen LogP contribution in [0.4, 0.5) is 15.9 Å². The Kier molecular flexibility index (Phi) is 11.9. The first kappa shape index (κ1) is 31.8. The molecule has 3 aliphatic heterocycles. The highest BCUT2D eigenvalue weighted by atomic mass is 19.1. The van der Waals surface area contributed by atoms with E-state index < -0.39 is 0 Å². The van der Waals surface area contributed by atoms with Crippen LogP contribution in [0.3, 0.4) is 0 Å². The summed E-state index contributed by atoms with van der Waals surface area (Å²) in [6.45, 7) is 14.8. The van der Waals surface area contributed by atoms with Gasteiger partial charge < -0.3 is 24.3 Å². The molecule has 1 amide bonds. The SMILES string of the molecule is C=CC(=O)N1CCN(c2nc(OC)nc3c2CCN(c2cccc(F)c2C)C3)CC1CC#N.CC.CN1CCCC1. The molecule has 3 aliphatic rings. The quantitative estimate of drug-likeness (QED) is 0.495. The second-order valence-corrected chi connectivity index (χ2v) is 10.2. The molecule has 222 valence electrons. The third kappa shape index (κ3) is 7.73. The van der Waals surface area contributed by atoms with Crippen LogP contribution in [-0.2, 0) is 17.8 Å². The van der Waals surface area contributed by atoms with E-state index in [9.17, 15) is 14.4 Å². The largest absolute Gasteiger partial charge is 0.467 e. The van der Waals surface area contributed by atoms with Gasteiger partial charge in [0.05, 0.1) is 37.9 Å². The number of carbonyl (C=O) groups is 1. The van der Waals surface area contributed by atoms with Gasteiger partial charge in [0.15, 0.2) is 0 Å². The molecule has 2 fully saturated rings. The lowest BCUT2D eigenvalue weighted by Crippen LogP contribution is -2.55. The number of amides is 1. The number of likely N-dealkylation sites (tertiary alicyclic amines) is 1. The van der Waals surface area contributed by atoms with Crippen LogP contribution in [0.25, 0.3) is 0 Å². The number of halogens is 1. The summed E-state index contributed by atoms with van der Waals surface area (Å²) < 4.78 is 19.5. The highest BCUT2D eigenvalue weighted by Gasteiger charge is 2.33. The molecule has 0 bridgehead atoms. The molecule has 4 heterocycles. The number of ether oxygens (including phenoxy) is 1. The molecule has 1 aromatic heterocycles. The van der Waals surface area contributed by atoms with Gasteiger partial charge in [0, 0.05) is 43.0 Å². The first-order chi connectivity index (χ1) is 19.9. The summed E-state index contributed by atoms with van der Waals surface area (Å²) in [6, 6.07) is 7.31. The van der Waals surface area contributed by atoms with Gasteiger partial charge in [0.2, 0.25) is 5.91 Å². The maximum absolute atomic E-state index is 14.1. The molecule has 2 saturated heterocycles. The minimum absolute atomic E-state index is 0.168. The number of fused-ring (bicyclic) bond motifs is 1. The van der Waals surface area contributed by atoms with Gasteiger partial charge in [-0.25, -0.2) is 4.39 Å². The fourth-order valence-corrected chi connectivity index (χ4v) is 5.50. The molecule has 9 nitrogen and oxygen atoms in total. The first-order valence-electron chi connectivity index (χ1n) is 14.5. The second-order valence-electron chi connectivity index (χ2n) is 10.2. The number of rotatable bonds is 5. The van der Waals surface area contributed by atoms with Gasteiger partial charge in [-0.2, -0.15) is 15.2 Å². The summed E-state index contributed by atoms with van der Waals surface area (Å²) in [4.78, 5) is 29.8. The van der Waals surface area contributed by atoms with Crippen molar-refractivity contribution in [1.82, 2.24) is 19.8 Å². The monoisotopic (exact) mass is 565 g/mol. The molecule has 1 aromatic carbocycles. The number of hydrogen-bond acceptors (Lipinski definition) is 8. The minimum Gasteiger partial charge on any atom is -0.467 e. The molecule has 0 spiro atoms. The van der Waals surface area contributed by atoms with Crippen LogP contribution < -0.4 is 14.5 Å². The highest BCUT2D eigenvalue weighted by molar-refractivity contribution is 5.87. The van der Waals surface area contributed by atoms with Crippen LogP contribution in [0.2, 0.25) is 0 Å². The van der Waals surface area contributed by atoms with Crippen LogP contribution in [-0.4, -0.2) is 85.1 Å². The van der Waals surface area contributed by atoms with Crippen molar-refractivity contribution in [2.24, 2.45) is 0 Å². The Bertz CT molecular complexity index is 1230. The van der Waals surface area contributed by atoms with E-state index in [1.807, 2.05) is 19.9 Å². The smallest absolute Gasteiger partial charge is 0.318 e. The Balaban J connectivity index is 0.000000505. The minimum atomic E-state index is -0.249. The third-order valence-corrected chi connectivity index (χ3v) is 7.68. The Morgan fingerprint density at radius 2 is 1.90 bits per heavy atom. The van der Waals surface area contributed by atoms with E-state index in [2.05, 4.69) is 44.4 Å². The summed E-state index contributed by atoms with van der Waals surface area (Å²) in [7, 11) is 3.70. The fourth-order valence-electron chi connectivity index (χ4n) is 5.50. The van der Waals surface area contributed by atoms with Crippen molar-refractivity contribution < 1.29 is 13.9 Å². The number of nitrogens with zero attached hydrogens (tertiary/aromatic N) is 7. The maximum Gasteiger partial charge on any atom is 0.318 e. The van der Waals surface area contributed by atoms with Gasteiger partial charge in [-0.3, -0.25) is 4.79 Å². The number of benzene rings is 1. The van der Waals surface area contributed by atoms with Crippen molar-refractivity contribution in [3.05, 3.63) is 53.5 Å². The average molecular weight is 566 g/mol. The van der Waals surface area contributed by atoms with E-state index in [1.165, 1.54) is 45.2 Å². The standard InChI is InChI=1S/C24H27FN6O2.C5H11N.C2H6/c1-4-22(32)31-13-12-30(14-17(31)8-10-26)23-18-9-11-29(15-20(18)27-24(28-23)33-3)21-7-5-6-19(25)16(21)2;1-6-4-2-3-5-6;1-2/h4-7,17H,1,8-9,11-15H2,2-3H3;2-5H2,1H3;1-2H3. The molecule has 10 heteroatoms.